The van der Waals surface area contributed by atoms with Gasteiger partial charge in [0.1, 0.15) is 11.6 Å². The van der Waals surface area contributed by atoms with Crippen molar-refractivity contribution in [1.82, 2.24) is 9.97 Å². The van der Waals surface area contributed by atoms with Crippen LogP contribution in [0.3, 0.4) is 0 Å². The fraction of sp³-hybridized carbons (Fsp3) is 0.167. The lowest BCUT2D eigenvalue weighted by Gasteiger charge is -2.10. The average molecular weight is 311 g/mol. The molecule has 2 rings (SSSR count). The van der Waals surface area contributed by atoms with Crippen molar-refractivity contribution in [3.05, 3.63) is 40.2 Å². The van der Waals surface area contributed by atoms with Crippen LogP contribution in [0, 0.1) is 12.7 Å². The van der Waals surface area contributed by atoms with Gasteiger partial charge in [-0.1, -0.05) is 6.07 Å². The van der Waals surface area contributed by atoms with Crippen LogP contribution in [0.4, 0.5) is 21.8 Å². The van der Waals surface area contributed by atoms with Crippen molar-refractivity contribution in [3.8, 4) is 0 Å². The maximum Gasteiger partial charge on any atom is 0.224 e. The second-order valence-electron chi connectivity index (χ2n) is 3.69. The summed E-state index contributed by atoms with van der Waals surface area (Å²) in [6.07, 6.45) is 0. The van der Waals surface area contributed by atoms with E-state index in [1.165, 1.54) is 6.07 Å². The summed E-state index contributed by atoms with van der Waals surface area (Å²) < 4.78 is 14.3. The molecule has 4 nitrogen and oxygen atoms in total. The number of aryl methyl sites for hydroxylation is 1. The molecule has 1 aromatic heterocycles. The van der Waals surface area contributed by atoms with E-state index in [4.69, 9.17) is 0 Å². The Morgan fingerprint density at radius 2 is 2.06 bits per heavy atom. The van der Waals surface area contributed by atoms with E-state index in [2.05, 4.69) is 36.5 Å². The largest absolute Gasteiger partial charge is 0.357 e. The molecular weight excluding hydrogens is 299 g/mol. The molecule has 1 heterocycles. The van der Waals surface area contributed by atoms with E-state index in [-0.39, 0.29) is 5.82 Å². The van der Waals surface area contributed by atoms with Crippen LogP contribution < -0.4 is 10.6 Å². The number of nitrogens with zero attached hydrogens (tertiary/aromatic N) is 2. The molecule has 0 radical (unpaired) electrons. The summed E-state index contributed by atoms with van der Waals surface area (Å²) in [6.45, 7) is 1.85. The van der Waals surface area contributed by atoms with Crippen molar-refractivity contribution in [2.24, 2.45) is 0 Å². The monoisotopic (exact) mass is 310 g/mol. The highest BCUT2D eigenvalue weighted by molar-refractivity contribution is 9.10. The van der Waals surface area contributed by atoms with Crippen LogP contribution in [0.1, 0.15) is 5.69 Å². The maximum atomic E-state index is 13.7. The number of aromatic nitrogens is 2. The first-order chi connectivity index (χ1) is 8.60. The predicted octanol–water partition coefficient (Wildman–Crippen LogP) is 3.47. The minimum absolute atomic E-state index is 0.341. The Morgan fingerprint density at radius 1 is 1.28 bits per heavy atom. The smallest absolute Gasteiger partial charge is 0.224 e. The van der Waals surface area contributed by atoms with Gasteiger partial charge in [-0.2, -0.15) is 4.98 Å². The average Bonchev–Trinajstić information content (AvgIpc) is 2.33. The Kier molecular flexibility index (Phi) is 3.76. The van der Waals surface area contributed by atoms with Crippen LogP contribution in [0.25, 0.3) is 0 Å². The first kappa shape index (κ1) is 12.8. The van der Waals surface area contributed by atoms with Crippen molar-refractivity contribution in [2.75, 3.05) is 17.7 Å². The van der Waals surface area contributed by atoms with Crippen LogP contribution in [0.15, 0.2) is 28.7 Å². The number of hydrogen-bond donors (Lipinski definition) is 2. The van der Waals surface area contributed by atoms with Gasteiger partial charge in [-0.15, -0.1) is 0 Å². The van der Waals surface area contributed by atoms with Gasteiger partial charge in [-0.25, -0.2) is 9.37 Å². The van der Waals surface area contributed by atoms with Gasteiger partial charge >= 0.3 is 0 Å². The van der Waals surface area contributed by atoms with Crippen molar-refractivity contribution in [1.29, 1.82) is 0 Å². The summed E-state index contributed by atoms with van der Waals surface area (Å²) in [5.74, 6) is 0.689. The molecule has 0 saturated carbocycles. The summed E-state index contributed by atoms with van der Waals surface area (Å²) in [6, 6.07) is 6.53. The molecule has 94 valence electrons. The summed E-state index contributed by atoms with van der Waals surface area (Å²) in [5, 5.41) is 5.80. The molecule has 0 aliphatic rings. The van der Waals surface area contributed by atoms with Gasteiger partial charge in [-0.3, -0.25) is 0 Å². The fourth-order valence-corrected chi connectivity index (χ4v) is 1.93. The Balaban J connectivity index is 2.37. The topological polar surface area (TPSA) is 49.8 Å². The molecule has 6 heteroatoms. The van der Waals surface area contributed by atoms with Gasteiger partial charge in [0.25, 0.3) is 0 Å². The number of para-hydroxylation sites is 1. The number of rotatable bonds is 3. The molecule has 0 bridgehead atoms. The van der Waals surface area contributed by atoms with E-state index < -0.39 is 0 Å². The summed E-state index contributed by atoms with van der Waals surface area (Å²) in [7, 11) is 1.73. The van der Waals surface area contributed by atoms with Gasteiger partial charge in [-0.05, 0) is 35.0 Å². The summed E-state index contributed by atoms with van der Waals surface area (Å²) in [5.41, 5.74) is 1.15. The van der Waals surface area contributed by atoms with Crippen LogP contribution in [0.2, 0.25) is 0 Å². The molecule has 0 amide bonds. The Hall–Kier alpha value is -1.69. The third kappa shape index (κ3) is 2.76. The highest BCUT2D eigenvalue weighted by Crippen LogP contribution is 2.28. The SMILES string of the molecule is CNc1nc(C)cc(Nc2c(F)cccc2Br)n1. The number of halogens is 2. The van der Waals surface area contributed by atoms with Gasteiger partial charge in [0, 0.05) is 23.3 Å². The Morgan fingerprint density at radius 3 is 2.72 bits per heavy atom. The molecule has 0 spiro atoms. The third-order valence-electron chi connectivity index (χ3n) is 2.29. The number of anilines is 3. The summed E-state index contributed by atoms with van der Waals surface area (Å²) in [4.78, 5) is 8.38. The molecule has 0 aliphatic heterocycles. The molecule has 2 aromatic rings. The lowest BCUT2D eigenvalue weighted by atomic mass is 10.3. The van der Waals surface area contributed by atoms with Crippen LogP contribution in [-0.4, -0.2) is 17.0 Å². The van der Waals surface area contributed by atoms with Crippen LogP contribution in [0.5, 0.6) is 0 Å². The summed E-state index contributed by atoms with van der Waals surface area (Å²) >= 11 is 3.30. The second kappa shape index (κ2) is 5.30. The zero-order valence-corrected chi connectivity index (χ0v) is 11.5. The van der Waals surface area contributed by atoms with Gasteiger partial charge < -0.3 is 10.6 Å². The quantitative estimate of drug-likeness (QED) is 0.911. The zero-order chi connectivity index (χ0) is 13.1. The van der Waals surface area contributed by atoms with E-state index in [1.54, 1.807) is 25.2 Å². The van der Waals surface area contributed by atoms with Crippen molar-refractivity contribution in [3.63, 3.8) is 0 Å². The van der Waals surface area contributed by atoms with Crippen LogP contribution >= 0.6 is 15.9 Å². The lowest BCUT2D eigenvalue weighted by Crippen LogP contribution is -2.03. The maximum absolute atomic E-state index is 13.7. The molecule has 0 atom stereocenters. The minimum Gasteiger partial charge on any atom is -0.357 e. The second-order valence-corrected chi connectivity index (χ2v) is 4.54. The number of hydrogen-bond acceptors (Lipinski definition) is 4. The first-order valence-electron chi connectivity index (χ1n) is 5.34. The first-order valence-corrected chi connectivity index (χ1v) is 6.14. The highest BCUT2D eigenvalue weighted by Gasteiger charge is 2.08. The third-order valence-corrected chi connectivity index (χ3v) is 2.95. The zero-order valence-electron chi connectivity index (χ0n) is 9.96. The van der Waals surface area contributed by atoms with Gasteiger partial charge in [0.05, 0.1) is 5.69 Å². The van der Waals surface area contributed by atoms with Crippen LogP contribution in [-0.2, 0) is 0 Å². The minimum atomic E-state index is -0.341. The molecule has 2 N–H and O–H groups in total. The normalized spacial score (nSPS) is 10.2. The molecule has 0 fully saturated rings. The van der Waals surface area contributed by atoms with E-state index in [1.807, 2.05) is 6.92 Å². The number of nitrogens with one attached hydrogen (secondary N) is 2. The van der Waals surface area contributed by atoms with E-state index >= 15 is 0 Å². The molecular formula is C12H12BrFN4. The Bertz CT molecular complexity index is 554. The molecule has 0 unspecified atom stereocenters. The van der Waals surface area contributed by atoms with E-state index in [9.17, 15) is 4.39 Å². The van der Waals surface area contributed by atoms with Gasteiger partial charge in [0.15, 0.2) is 0 Å². The van der Waals surface area contributed by atoms with Crippen molar-refractivity contribution < 1.29 is 4.39 Å². The lowest BCUT2D eigenvalue weighted by molar-refractivity contribution is 0.631. The molecule has 0 saturated heterocycles. The number of benzene rings is 1. The molecule has 1 aromatic carbocycles. The van der Waals surface area contributed by atoms with Crippen molar-refractivity contribution >= 4 is 33.4 Å². The Labute approximate surface area is 113 Å². The molecule has 0 aliphatic carbocycles. The highest BCUT2D eigenvalue weighted by atomic mass is 79.9. The van der Waals surface area contributed by atoms with Gasteiger partial charge in [0.2, 0.25) is 5.95 Å². The van der Waals surface area contributed by atoms with E-state index in [0.717, 1.165) is 5.69 Å². The van der Waals surface area contributed by atoms with E-state index in [0.29, 0.717) is 21.9 Å². The predicted molar refractivity (Wildman–Crippen MR) is 73.7 cm³/mol. The molecule has 18 heavy (non-hydrogen) atoms. The fourth-order valence-electron chi connectivity index (χ4n) is 1.49. The standard InChI is InChI=1S/C12H12BrFN4/c1-7-6-10(18-12(15-2)16-7)17-11-8(13)4-3-5-9(11)14/h3-6H,1-2H3,(H2,15,16,17,18). The van der Waals surface area contributed by atoms with Crippen molar-refractivity contribution in [2.45, 2.75) is 6.92 Å².